The van der Waals surface area contributed by atoms with Crippen LogP contribution in [0.4, 0.5) is 0 Å². The SMILES string of the molecule is COC(CO)C(N)C1CC1. The van der Waals surface area contributed by atoms with E-state index in [0.29, 0.717) is 5.92 Å². The molecule has 2 unspecified atom stereocenters. The molecule has 0 aromatic heterocycles. The fourth-order valence-electron chi connectivity index (χ4n) is 1.14. The number of aliphatic hydroxyl groups is 1. The quantitative estimate of drug-likeness (QED) is 0.572. The van der Waals surface area contributed by atoms with Crippen LogP contribution in [-0.2, 0) is 4.74 Å². The van der Waals surface area contributed by atoms with Gasteiger partial charge in [-0.15, -0.1) is 0 Å². The standard InChI is InChI=1S/C7H15NO2/c1-10-6(4-9)7(8)5-2-3-5/h5-7,9H,2-4,8H2,1H3. The van der Waals surface area contributed by atoms with Crippen molar-refractivity contribution in [2.24, 2.45) is 11.7 Å². The van der Waals surface area contributed by atoms with Crippen molar-refractivity contribution in [2.45, 2.75) is 25.0 Å². The first kappa shape index (κ1) is 7.98. The average molecular weight is 145 g/mol. The summed E-state index contributed by atoms with van der Waals surface area (Å²) in [7, 11) is 1.59. The number of ether oxygens (including phenoxy) is 1. The molecular formula is C7H15NO2. The topological polar surface area (TPSA) is 55.5 Å². The van der Waals surface area contributed by atoms with E-state index in [4.69, 9.17) is 15.6 Å². The molecule has 1 aliphatic carbocycles. The zero-order chi connectivity index (χ0) is 7.56. The van der Waals surface area contributed by atoms with E-state index in [2.05, 4.69) is 0 Å². The van der Waals surface area contributed by atoms with Crippen LogP contribution in [-0.4, -0.2) is 31.0 Å². The molecule has 1 saturated carbocycles. The molecule has 0 aromatic carbocycles. The zero-order valence-corrected chi connectivity index (χ0v) is 6.29. The predicted molar refractivity (Wildman–Crippen MR) is 38.6 cm³/mol. The first-order valence-electron chi connectivity index (χ1n) is 3.68. The molecular weight excluding hydrogens is 130 g/mol. The van der Waals surface area contributed by atoms with E-state index in [1.807, 2.05) is 0 Å². The number of aliphatic hydroxyl groups excluding tert-OH is 1. The minimum Gasteiger partial charge on any atom is -0.394 e. The Balaban J connectivity index is 2.27. The molecule has 1 aliphatic rings. The summed E-state index contributed by atoms with van der Waals surface area (Å²) in [5, 5.41) is 8.77. The van der Waals surface area contributed by atoms with Gasteiger partial charge < -0.3 is 15.6 Å². The fraction of sp³-hybridized carbons (Fsp3) is 1.00. The summed E-state index contributed by atoms with van der Waals surface area (Å²) in [5.41, 5.74) is 5.76. The highest BCUT2D eigenvalue weighted by Crippen LogP contribution is 2.33. The van der Waals surface area contributed by atoms with E-state index in [-0.39, 0.29) is 18.8 Å². The van der Waals surface area contributed by atoms with Crippen LogP contribution < -0.4 is 5.73 Å². The van der Waals surface area contributed by atoms with Gasteiger partial charge in [-0.1, -0.05) is 0 Å². The van der Waals surface area contributed by atoms with Gasteiger partial charge in [-0.2, -0.15) is 0 Å². The zero-order valence-electron chi connectivity index (χ0n) is 6.29. The molecule has 2 atom stereocenters. The second-order valence-corrected chi connectivity index (χ2v) is 2.87. The Kier molecular flexibility index (Phi) is 2.65. The molecule has 0 aromatic rings. The van der Waals surface area contributed by atoms with Gasteiger partial charge in [0.1, 0.15) is 0 Å². The highest BCUT2D eigenvalue weighted by molar-refractivity contribution is 4.88. The number of nitrogens with two attached hydrogens (primary N) is 1. The van der Waals surface area contributed by atoms with Crippen molar-refractivity contribution in [3.05, 3.63) is 0 Å². The molecule has 0 bridgehead atoms. The van der Waals surface area contributed by atoms with E-state index in [1.54, 1.807) is 7.11 Å². The Morgan fingerprint density at radius 1 is 1.70 bits per heavy atom. The van der Waals surface area contributed by atoms with E-state index < -0.39 is 0 Å². The lowest BCUT2D eigenvalue weighted by molar-refractivity contribution is 0.0263. The smallest absolute Gasteiger partial charge is 0.0954 e. The van der Waals surface area contributed by atoms with Crippen LogP contribution in [0.5, 0.6) is 0 Å². The molecule has 0 heterocycles. The maximum absolute atomic E-state index is 8.77. The Bertz CT molecular complexity index is 99.8. The average Bonchev–Trinajstić information content (AvgIpc) is 2.71. The van der Waals surface area contributed by atoms with E-state index >= 15 is 0 Å². The number of methoxy groups -OCH3 is 1. The van der Waals surface area contributed by atoms with E-state index in [0.717, 1.165) is 0 Å². The maximum atomic E-state index is 8.77. The van der Waals surface area contributed by atoms with Crippen LogP contribution in [0.1, 0.15) is 12.8 Å². The first-order chi connectivity index (χ1) is 4.79. The van der Waals surface area contributed by atoms with Gasteiger partial charge in [0.25, 0.3) is 0 Å². The van der Waals surface area contributed by atoms with Crippen LogP contribution in [0.25, 0.3) is 0 Å². The van der Waals surface area contributed by atoms with Crippen LogP contribution >= 0.6 is 0 Å². The van der Waals surface area contributed by atoms with Crippen molar-refractivity contribution in [1.82, 2.24) is 0 Å². The van der Waals surface area contributed by atoms with Gasteiger partial charge in [0.2, 0.25) is 0 Å². The summed E-state index contributed by atoms with van der Waals surface area (Å²) in [6.07, 6.45) is 2.23. The lowest BCUT2D eigenvalue weighted by Gasteiger charge is -2.19. The third-order valence-electron chi connectivity index (χ3n) is 2.08. The highest BCUT2D eigenvalue weighted by atomic mass is 16.5. The molecule has 3 N–H and O–H groups in total. The van der Waals surface area contributed by atoms with Gasteiger partial charge in [0.05, 0.1) is 12.7 Å². The van der Waals surface area contributed by atoms with Crippen LogP contribution in [0.15, 0.2) is 0 Å². The molecule has 0 spiro atoms. The van der Waals surface area contributed by atoms with Crippen molar-refractivity contribution in [2.75, 3.05) is 13.7 Å². The van der Waals surface area contributed by atoms with Gasteiger partial charge in [0, 0.05) is 13.2 Å². The first-order valence-corrected chi connectivity index (χ1v) is 3.68. The van der Waals surface area contributed by atoms with Crippen molar-refractivity contribution in [3.63, 3.8) is 0 Å². The van der Waals surface area contributed by atoms with Crippen molar-refractivity contribution in [1.29, 1.82) is 0 Å². The number of rotatable bonds is 4. The van der Waals surface area contributed by atoms with E-state index in [1.165, 1.54) is 12.8 Å². The van der Waals surface area contributed by atoms with Gasteiger partial charge >= 0.3 is 0 Å². The molecule has 1 fully saturated rings. The summed E-state index contributed by atoms with van der Waals surface area (Å²) in [6, 6.07) is 0.0370. The molecule has 0 aliphatic heterocycles. The third-order valence-corrected chi connectivity index (χ3v) is 2.08. The summed E-state index contributed by atoms with van der Waals surface area (Å²) in [4.78, 5) is 0. The van der Waals surface area contributed by atoms with Gasteiger partial charge in [0.15, 0.2) is 0 Å². The second-order valence-electron chi connectivity index (χ2n) is 2.87. The minimum absolute atomic E-state index is 0.0359. The monoisotopic (exact) mass is 145 g/mol. The molecule has 60 valence electrons. The van der Waals surface area contributed by atoms with Crippen molar-refractivity contribution >= 4 is 0 Å². The lowest BCUT2D eigenvalue weighted by atomic mass is 10.1. The molecule has 0 saturated heterocycles. The van der Waals surface area contributed by atoms with Crippen molar-refractivity contribution in [3.8, 4) is 0 Å². The van der Waals surface area contributed by atoms with Crippen LogP contribution in [0.3, 0.4) is 0 Å². The molecule has 1 rings (SSSR count). The lowest BCUT2D eigenvalue weighted by Crippen LogP contribution is -2.40. The largest absolute Gasteiger partial charge is 0.394 e. The van der Waals surface area contributed by atoms with Crippen LogP contribution in [0, 0.1) is 5.92 Å². The Labute approximate surface area is 61.2 Å². The Hall–Kier alpha value is -0.120. The fourth-order valence-corrected chi connectivity index (χ4v) is 1.14. The maximum Gasteiger partial charge on any atom is 0.0954 e. The highest BCUT2D eigenvalue weighted by Gasteiger charge is 2.33. The summed E-state index contributed by atoms with van der Waals surface area (Å²) < 4.78 is 4.99. The predicted octanol–water partition coefficient (Wildman–Crippen LogP) is -0.269. The summed E-state index contributed by atoms with van der Waals surface area (Å²) in [5.74, 6) is 0.595. The van der Waals surface area contributed by atoms with Gasteiger partial charge in [-0.25, -0.2) is 0 Å². The molecule has 0 radical (unpaired) electrons. The normalized spacial score (nSPS) is 24.3. The molecule has 3 nitrogen and oxygen atoms in total. The van der Waals surface area contributed by atoms with Gasteiger partial charge in [-0.3, -0.25) is 0 Å². The Morgan fingerprint density at radius 2 is 2.30 bits per heavy atom. The van der Waals surface area contributed by atoms with E-state index in [9.17, 15) is 0 Å². The summed E-state index contributed by atoms with van der Waals surface area (Å²) in [6.45, 7) is 0.0359. The second kappa shape index (κ2) is 3.32. The van der Waals surface area contributed by atoms with Crippen LogP contribution in [0.2, 0.25) is 0 Å². The number of hydrogen-bond donors (Lipinski definition) is 2. The molecule has 3 heteroatoms. The van der Waals surface area contributed by atoms with Gasteiger partial charge in [-0.05, 0) is 18.8 Å². The number of hydrogen-bond acceptors (Lipinski definition) is 3. The Morgan fingerprint density at radius 3 is 2.60 bits per heavy atom. The minimum atomic E-state index is -0.160. The molecule has 0 amide bonds. The molecule has 10 heavy (non-hydrogen) atoms. The van der Waals surface area contributed by atoms with Crippen molar-refractivity contribution < 1.29 is 9.84 Å². The third kappa shape index (κ3) is 1.68. The summed E-state index contributed by atoms with van der Waals surface area (Å²) >= 11 is 0.